The zero-order chi connectivity index (χ0) is 13.3. The summed E-state index contributed by atoms with van der Waals surface area (Å²) in [4.78, 5) is 0. The second-order valence-electron chi connectivity index (χ2n) is 5.51. The van der Waals surface area contributed by atoms with Crippen molar-refractivity contribution in [1.29, 1.82) is 0 Å². The standard InChI is InChI=1S/C17H27NO/c1-2-18-16(14-15-8-4-3-5-9-15)10-6-11-17-12-7-13-19-17/h3-5,8-9,16-18H,2,6-7,10-14H2,1H3. The van der Waals surface area contributed by atoms with Crippen molar-refractivity contribution in [2.45, 2.75) is 57.6 Å². The molecule has 1 fully saturated rings. The summed E-state index contributed by atoms with van der Waals surface area (Å²) in [5, 5.41) is 3.62. The molecule has 0 radical (unpaired) electrons. The van der Waals surface area contributed by atoms with Crippen LogP contribution in [0.2, 0.25) is 0 Å². The molecule has 0 spiro atoms. The van der Waals surface area contributed by atoms with E-state index in [1.54, 1.807) is 0 Å². The third-order valence-electron chi connectivity index (χ3n) is 3.92. The zero-order valence-corrected chi connectivity index (χ0v) is 12.1. The summed E-state index contributed by atoms with van der Waals surface area (Å²) in [6.07, 6.45) is 7.96. The van der Waals surface area contributed by atoms with Crippen molar-refractivity contribution in [3.63, 3.8) is 0 Å². The molecule has 0 saturated carbocycles. The van der Waals surface area contributed by atoms with Gasteiger partial charge in [0.15, 0.2) is 0 Å². The van der Waals surface area contributed by atoms with Crippen LogP contribution in [0.4, 0.5) is 0 Å². The van der Waals surface area contributed by atoms with Crippen LogP contribution in [0.5, 0.6) is 0 Å². The van der Waals surface area contributed by atoms with E-state index >= 15 is 0 Å². The van der Waals surface area contributed by atoms with Crippen LogP contribution < -0.4 is 5.32 Å². The van der Waals surface area contributed by atoms with Crippen LogP contribution >= 0.6 is 0 Å². The molecule has 1 aliphatic heterocycles. The van der Waals surface area contributed by atoms with Gasteiger partial charge in [-0.15, -0.1) is 0 Å². The van der Waals surface area contributed by atoms with Crippen molar-refractivity contribution in [2.75, 3.05) is 13.2 Å². The van der Waals surface area contributed by atoms with Gasteiger partial charge < -0.3 is 10.1 Å². The lowest BCUT2D eigenvalue weighted by atomic mass is 9.99. The molecule has 2 heteroatoms. The minimum atomic E-state index is 0.541. The van der Waals surface area contributed by atoms with E-state index < -0.39 is 0 Å². The molecule has 2 rings (SSSR count). The first-order valence-electron chi connectivity index (χ1n) is 7.77. The summed E-state index contributed by atoms with van der Waals surface area (Å²) in [6, 6.07) is 11.4. The summed E-state index contributed by atoms with van der Waals surface area (Å²) in [5.41, 5.74) is 1.44. The van der Waals surface area contributed by atoms with Gasteiger partial charge in [-0.1, -0.05) is 37.3 Å². The maximum Gasteiger partial charge on any atom is 0.0576 e. The van der Waals surface area contributed by atoms with Crippen molar-refractivity contribution < 1.29 is 4.74 Å². The van der Waals surface area contributed by atoms with E-state index in [9.17, 15) is 0 Å². The van der Waals surface area contributed by atoms with Crippen LogP contribution in [0.15, 0.2) is 30.3 Å². The molecule has 1 N–H and O–H groups in total. The number of rotatable bonds is 8. The molecule has 2 unspecified atom stereocenters. The van der Waals surface area contributed by atoms with E-state index in [2.05, 4.69) is 42.6 Å². The average molecular weight is 261 g/mol. The van der Waals surface area contributed by atoms with Gasteiger partial charge in [-0.25, -0.2) is 0 Å². The monoisotopic (exact) mass is 261 g/mol. The summed E-state index contributed by atoms with van der Waals surface area (Å²) in [6.45, 7) is 4.22. The van der Waals surface area contributed by atoms with Gasteiger partial charge in [0.05, 0.1) is 6.10 Å². The maximum atomic E-state index is 5.69. The Balaban J connectivity index is 1.72. The van der Waals surface area contributed by atoms with Gasteiger partial charge in [-0.3, -0.25) is 0 Å². The lowest BCUT2D eigenvalue weighted by molar-refractivity contribution is 0.101. The molecule has 19 heavy (non-hydrogen) atoms. The zero-order valence-electron chi connectivity index (χ0n) is 12.1. The quantitative estimate of drug-likeness (QED) is 0.772. The topological polar surface area (TPSA) is 21.3 Å². The van der Waals surface area contributed by atoms with Gasteiger partial charge in [0.2, 0.25) is 0 Å². The first-order chi connectivity index (χ1) is 9.38. The highest BCUT2D eigenvalue weighted by Gasteiger charge is 2.16. The van der Waals surface area contributed by atoms with Crippen molar-refractivity contribution >= 4 is 0 Å². The van der Waals surface area contributed by atoms with E-state index in [0.717, 1.165) is 19.6 Å². The lowest BCUT2D eigenvalue weighted by Gasteiger charge is -2.19. The largest absolute Gasteiger partial charge is 0.378 e. The fraction of sp³-hybridized carbons (Fsp3) is 0.647. The molecule has 1 heterocycles. The predicted octanol–water partition coefficient (Wildman–Crippen LogP) is 3.56. The molecule has 1 aliphatic rings. The molecule has 0 aliphatic carbocycles. The highest BCUT2D eigenvalue weighted by Crippen LogP contribution is 2.19. The lowest BCUT2D eigenvalue weighted by Crippen LogP contribution is -2.31. The van der Waals surface area contributed by atoms with Crippen molar-refractivity contribution in [2.24, 2.45) is 0 Å². The molecule has 106 valence electrons. The summed E-state index contributed by atoms with van der Waals surface area (Å²) in [5.74, 6) is 0. The number of hydrogen-bond acceptors (Lipinski definition) is 2. The molecular weight excluding hydrogens is 234 g/mol. The van der Waals surface area contributed by atoms with Crippen LogP contribution in [0, 0.1) is 0 Å². The fourth-order valence-corrected chi connectivity index (χ4v) is 2.93. The minimum Gasteiger partial charge on any atom is -0.378 e. The molecule has 1 aromatic carbocycles. The van der Waals surface area contributed by atoms with Gasteiger partial charge >= 0.3 is 0 Å². The molecule has 0 amide bonds. The number of likely N-dealkylation sites (N-methyl/N-ethyl adjacent to an activating group) is 1. The first kappa shape index (κ1) is 14.5. The molecule has 1 saturated heterocycles. The first-order valence-corrected chi connectivity index (χ1v) is 7.77. The Labute approximate surface area is 117 Å². The van der Waals surface area contributed by atoms with Gasteiger partial charge in [-0.2, -0.15) is 0 Å². The van der Waals surface area contributed by atoms with E-state index in [4.69, 9.17) is 4.74 Å². The normalized spacial score (nSPS) is 20.6. The second kappa shape index (κ2) is 8.34. The van der Waals surface area contributed by atoms with Crippen molar-refractivity contribution in [3.8, 4) is 0 Å². The number of hydrogen-bond donors (Lipinski definition) is 1. The van der Waals surface area contributed by atoms with Gasteiger partial charge in [0, 0.05) is 12.6 Å². The van der Waals surface area contributed by atoms with Crippen molar-refractivity contribution in [3.05, 3.63) is 35.9 Å². The maximum absolute atomic E-state index is 5.69. The third kappa shape index (κ3) is 5.33. The average Bonchev–Trinajstić information content (AvgIpc) is 2.93. The Bertz CT molecular complexity index is 332. The van der Waals surface area contributed by atoms with Gasteiger partial charge in [-0.05, 0) is 50.6 Å². The fourth-order valence-electron chi connectivity index (χ4n) is 2.93. The van der Waals surface area contributed by atoms with E-state index in [0.29, 0.717) is 12.1 Å². The van der Waals surface area contributed by atoms with Crippen LogP contribution in [0.1, 0.15) is 44.6 Å². The Morgan fingerprint density at radius 2 is 2.16 bits per heavy atom. The van der Waals surface area contributed by atoms with Crippen LogP contribution in [0.25, 0.3) is 0 Å². The van der Waals surface area contributed by atoms with Crippen LogP contribution in [0.3, 0.4) is 0 Å². The molecule has 2 atom stereocenters. The predicted molar refractivity (Wildman–Crippen MR) is 80.4 cm³/mol. The summed E-state index contributed by atoms with van der Waals surface area (Å²) in [7, 11) is 0. The SMILES string of the molecule is CCNC(CCCC1CCCO1)Cc1ccccc1. The van der Waals surface area contributed by atoms with Gasteiger partial charge in [0.1, 0.15) is 0 Å². The molecule has 0 aromatic heterocycles. The molecule has 2 nitrogen and oxygen atoms in total. The number of ether oxygens (including phenoxy) is 1. The molecular formula is C17H27NO. The van der Waals surface area contributed by atoms with Crippen LogP contribution in [-0.2, 0) is 11.2 Å². The highest BCUT2D eigenvalue weighted by atomic mass is 16.5. The van der Waals surface area contributed by atoms with E-state index in [1.807, 2.05) is 0 Å². The smallest absolute Gasteiger partial charge is 0.0576 e. The number of nitrogens with one attached hydrogen (secondary N) is 1. The Kier molecular flexibility index (Phi) is 6.38. The third-order valence-corrected chi connectivity index (χ3v) is 3.92. The van der Waals surface area contributed by atoms with Crippen LogP contribution in [-0.4, -0.2) is 25.3 Å². The number of benzene rings is 1. The Morgan fingerprint density at radius 3 is 2.84 bits per heavy atom. The van der Waals surface area contributed by atoms with Gasteiger partial charge in [0.25, 0.3) is 0 Å². The van der Waals surface area contributed by atoms with E-state index in [1.165, 1.54) is 37.7 Å². The Hall–Kier alpha value is -0.860. The second-order valence-corrected chi connectivity index (χ2v) is 5.51. The Morgan fingerprint density at radius 1 is 1.32 bits per heavy atom. The summed E-state index contributed by atoms with van der Waals surface area (Å²) >= 11 is 0. The van der Waals surface area contributed by atoms with Crippen molar-refractivity contribution in [1.82, 2.24) is 5.32 Å². The highest BCUT2D eigenvalue weighted by molar-refractivity contribution is 5.15. The summed E-state index contributed by atoms with van der Waals surface area (Å²) < 4.78 is 5.69. The minimum absolute atomic E-state index is 0.541. The molecule has 0 bridgehead atoms. The molecule has 1 aromatic rings. The van der Waals surface area contributed by atoms with E-state index in [-0.39, 0.29) is 0 Å².